The molecule has 2 aromatic carbocycles. The van der Waals surface area contributed by atoms with Crippen LogP contribution in [0.3, 0.4) is 0 Å². The van der Waals surface area contributed by atoms with E-state index in [9.17, 15) is 9.59 Å². The normalized spacial score (nSPS) is 15.6. The maximum atomic E-state index is 12.8. The summed E-state index contributed by atoms with van der Waals surface area (Å²) in [4.78, 5) is 29.0. The van der Waals surface area contributed by atoms with Gasteiger partial charge in [0.15, 0.2) is 0 Å². The van der Waals surface area contributed by atoms with Crippen LogP contribution in [-0.2, 0) is 4.79 Å². The Bertz CT molecular complexity index is 1030. The predicted octanol–water partition coefficient (Wildman–Crippen LogP) is 2.31. The van der Waals surface area contributed by atoms with Crippen LogP contribution in [0, 0.1) is 0 Å². The van der Waals surface area contributed by atoms with Crippen LogP contribution in [0.15, 0.2) is 53.1 Å². The average molecular weight is 442 g/mol. The number of fused-ring (bicyclic) bond motifs is 1. The monoisotopic (exact) mass is 441 g/mol. The Hall–Kier alpha value is -2.71. The molecule has 1 unspecified atom stereocenters. The van der Waals surface area contributed by atoms with Crippen LogP contribution in [0.1, 0.15) is 22.0 Å². The molecule has 0 aliphatic carbocycles. The first-order valence-electron chi connectivity index (χ1n) is 9.05. The van der Waals surface area contributed by atoms with Crippen LogP contribution in [0.4, 0.5) is 0 Å². The molecule has 8 heteroatoms. The third-order valence-corrected chi connectivity index (χ3v) is 5.53. The van der Waals surface area contributed by atoms with Crippen molar-refractivity contribution in [3.05, 3.63) is 64.3 Å². The predicted molar refractivity (Wildman–Crippen MR) is 110 cm³/mol. The van der Waals surface area contributed by atoms with Crippen molar-refractivity contribution in [3.8, 4) is 0 Å². The quantitative estimate of drug-likeness (QED) is 0.651. The van der Waals surface area contributed by atoms with Crippen molar-refractivity contribution in [2.24, 2.45) is 5.73 Å². The number of carbonyl (C=O) groups excluding carboxylic acids is 2. The molecule has 1 saturated heterocycles. The molecule has 144 valence electrons. The molecule has 1 aliphatic heterocycles. The summed E-state index contributed by atoms with van der Waals surface area (Å²) >= 11 is 3.40. The molecule has 1 aromatic heterocycles. The first-order valence-corrected chi connectivity index (χ1v) is 9.84. The Balaban J connectivity index is 1.39. The molecular formula is C20H20BrN5O2. The van der Waals surface area contributed by atoms with Crippen LogP contribution in [0.2, 0.25) is 0 Å². The number of H-pyrrole nitrogens is 1. The second-order valence-corrected chi connectivity index (χ2v) is 7.74. The standard InChI is InChI=1S/C20H20BrN5O2/c21-16-3-1-2-13(11-16)18(22)20(28)26-8-6-25(7-9-26)19(27)14-4-5-17-15(10-14)12-23-24-17/h1-5,10-12,18H,6-9,22H2,(H,23,24). The molecule has 2 amide bonds. The summed E-state index contributed by atoms with van der Waals surface area (Å²) in [5.41, 5.74) is 8.46. The second-order valence-electron chi connectivity index (χ2n) is 6.82. The number of hydrogen-bond acceptors (Lipinski definition) is 4. The van der Waals surface area contributed by atoms with E-state index in [2.05, 4.69) is 26.1 Å². The molecule has 3 N–H and O–H groups in total. The van der Waals surface area contributed by atoms with Gasteiger partial charge in [-0.05, 0) is 35.9 Å². The van der Waals surface area contributed by atoms with E-state index in [4.69, 9.17) is 5.73 Å². The molecule has 1 aliphatic rings. The lowest BCUT2D eigenvalue weighted by molar-refractivity contribution is -0.134. The molecule has 1 atom stereocenters. The number of nitrogens with one attached hydrogen (secondary N) is 1. The van der Waals surface area contributed by atoms with Gasteiger partial charge in [0.1, 0.15) is 6.04 Å². The number of hydrogen-bond donors (Lipinski definition) is 2. The van der Waals surface area contributed by atoms with Gasteiger partial charge >= 0.3 is 0 Å². The van der Waals surface area contributed by atoms with Crippen molar-refractivity contribution in [2.45, 2.75) is 6.04 Å². The molecule has 7 nitrogen and oxygen atoms in total. The van der Waals surface area contributed by atoms with Gasteiger partial charge in [-0.2, -0.15) is 5.10 Å². The lowest BCUT2D eigenvalue weighted by atomic mass is 10.1. The van der Waals surface area contributed by atoms with Gasteiger partial charge in [-0.1, -0.05) is 28.1 Å². The molecule has 3 aromatic rings. The van der Waals surface area contributed by atoms with Gasteiger partial charge in [0, 0.05) is 41.6 Å². The second kappa shape index (κ2) is 7.73. The van der Waals surface area contributed by atoms with Crippen molar-refractivity contribution in [1.29, 1.82) is 0 Å². The lowest BCUT2D eigenvalue weighted by Crippen LogP contribution is -2.52. The van der Waals surface area contributed by atoms with Crippen molar-refractivity contribution in [3.63, 3.8) is 0 Å². The Morgan fingerprint density at radius 3 is 2.57 bits per heavy atom. The third-order valence-electron chi connectivity index (χ3n) is 5.04. The third kappa shape index (κ3) is 3.65. The van der Waals surface area contributed by atoms with Gasteiger partial charge in [-0.25, -0.2) is 0 Å². The number of halogens is 1. The molecule has 0 saturated carbocycles. The fraction of sp³-hybridized carbons (Fsp3) is 0.250. The summed E-state index contributed by atoms with van der Waals surface area (Å²) in [6, 6.07) is 12.2. The Morgan fingerprint density at radius 2 is 1.82 bits per heavy atom. The number of benzene rings is 2. The lowest BCUT2D eigenvalue weighted by Gasteiger charge is -2.36. The zero-order chi connectivity index (χ0) is 19.7. The molecule has 1 fully saturated rings. The molecule has 0 spiro atoms. The number of piperazine rings is 1. The van der Waals surface area contributed by atoms with Gasteiger partial charge in [-0.3, -0.25) is 14.7 Å². The topological polar surface area (TPSA) is 95.3 Å². The highest BCUT2D eigenvalue weighted by Crippen LogP contribution is 2.20. The van der Waals surface area contributed by atoms with E-state index in [1.165, 1.54) is 0 Å². The van der Waals surface area contributed by atoms with Gasteiger partial charge in [0.2, 0.25) is 5.91 Å². The van der Waals surface area contributed by atoms with Crippen molar-refractivity contribution in [2.75, 3.05) is 26.2 Å². The molecule has 4 rings (SSSR count). The fourth-order valence-electron chi connectivity index (χ4n) is 3.43. The van der Waals surface area contributed by atoms with E-state index in [1.807, 2.05) is 36.4 Å². The minimum Gasteiger partial charge on any atom is -0.337 e. The summed E-state index contributed by atoms with van der Waals surface area (Å²) in [5, 5.41) is 7.76. The van der Waals surface area contributed by atoms with Crippen molar-refractivity contribution >= 4 is 38.6 Å². The van der Waals surface area contributed by atoms with E-state index >= 15 is 0 Å². The number of aromatic nitrogens is 2. The minimum absolute atomic E-state index is 0.0357. The average Bonchev–Trinajstić information content (AvgIpc) is 3.20. The first-order chi connectivity index (χ1) is 13.5. The van der Waals surface area contributed by atoms with E-state index < -0.39 is 6.04 Å². The number of nitrogens with zero attached hydrogens (tertiary/aromatic N) is 3. The van der Waals surface area contributed by atoms with Crippen LogP contribution in [0.5, 0.6) is 0 Å². The van der Waals surface area contributed by atoms with Crippen LogP contribution >= 0.6 is 15.9 Å². The highest BCUT2D eigenvalue weighted by Gasteiger charge is 2.28. The Labute approximate surface area is 170 Å². The molecule has 2 heterocycles. The van der Waals surface area contributed by atoms with Gasteiger partial charge in [0.25, 0.3) is 5.91 Å². The molecule has 0 bridgehead atoms. The number of aromatic amines is 1. The summed E-state index contributed by atoms with van der Waals surface area (Å²) in [6.45, 7) is 1.92. The van der Waals surface area contributed by atoms with Crippen LogP contribution in [-0.4, -0.2) is 58.0 Å². The van der Waals surface area contributed by atoms with Crippen LogP contribution < -0.4 is 5.73 Å². The summed E-state index contributed by atoms with van der Waals surface area (Å²) < 4.78 is 0.887. The fourth-order valence-corrected chi connectivity index (χ4v) is 3.84. The number of amides is 2. The number of nitrogens with two attached hydrogens (primary N) is 1. The molecular weight excluding hydrogens is 422 g/mol. The van der Waals surface area contributed by atoms with Crippen molar-refractivity contribution < 1.29 is 9.59 Å². The Kier molecular flexibility index (Phi) is 5.15. The van der Waals surface area contributed by atoms with E-state index in [0.29, 0.717) is 31.7 Å². The highest BCUT2D eigenvalue weighted by molar-refractivity contribution is 9.10. The number of carbonyl (C=O) groups is 2. The SMILES string of the molecule is NC(C(=O)N1CCN(C(=O)c2ccc3[nH]ncc3c2)CC1)c1cccc(Br)c1. The van der Waals surface area contributed by atoms with Crippen LogP contribution in [0.25, 0.3) is 10.9 Å². The summed E-state index contributed by atoms with van der Waals surface area (Å²) in [7, 11) is 0. The number of rotatable bonds is 3. The van der Waals surface area contributed by atoms with E-state index in [1.54, 1.807) is 22.1 Å². The highest BCUT2D eigenvalue weighted by atomic mass is 79.9. The van der Waals surface area contributed by atoms with Gasteiger partial charge in [-0.15, -0.1) is 0 Å². The minimum atomic E-state index is -0.705. The largest absolute Gasteiger partial charge is 0.337 e. The first kappa shape index (κ1) is 18.6. The van der Waals surface area contributed by atoms with Gasteiger partial charge in [0.05, 0.1) is 11.7 Å². The zero-order valence-corrected chi connectivity index (χ0v) is 16.7. The van der Waals surface area contributed by atoms with Gasteiger partial charge < -0.3 is 15.5 Å². The maximum absolute atomic E-state index is 12.8. The van der Waals surface area contributed by atoms with E-state index in [0.717, 1.165) is 20.9 Å². The van der Waals surface area contributed by atoms with E-state index in [-0.39, 0.29) is 11.8 Å². The zero-order valence-electron chi connectivity index (χ0n) is 15.1. The van der Waals surface area contributed by atoms with Crippen molar-refractivity contribution in [1.82, 2.24) is 20.0 Å². The maximum Gasteiger partial charge on any atom is 0.253 e. The Morgan fingerprint density at radius 1 is 1.07 bits per heavy atom. The smallest absolute Gasteiger partial charge is 0.253 e. The summed E-state index contributed by atoms with van der Waals surface area (Å²) in [6.07, 6.45) is 1.70. The summed E-state index contributed by atoms with van der Waals surface area (Å²) in [5.74, 6) is -0.156. The molecule has 0 radical (unpaired) electrons. The molecule has 28 heavy (non-hydrogen) atoms.